The average Bonchev–Trinajstić information content (AvgIpc) is 3.10. The lowest BCUT2D eigenvalue weighted by Crippen LogP contribution is -2.15. The summed E-state index contributed by atoms with van der Waals surface area (Å²) in [5, 5.41) is 3.37. The third kappa shape index (κ3) is 3.11. The molecule has 1 aliphatic rings. The molecule has 0 saturated heterocycles. The van der Waals surface area contributed by atoms with Crippen LogP contribution in [0, 0.1) is 0 Å². The molecule has 0 unspecified atom stereocenters. The quantitative estimate of drug-likeness (QED) is 0.918. The van der Waals surface area contributed by atoms with Gasteiger partial charge in [-0.2, -0.15) is 4.98 Å². The van der Waals surface area contributed by atoms with Gasteiger partial charge in [0.15, 0.2) is 0 Å². The maximum Gasteiger partial charge on any atom is 0.399 e. The number of nitrogens with one attached hydrogen (secondary N) is 1. The van der Waals surface area contributed by atoms with E-state index in [0.717, 1.165) is 16.7 Å². The molecule has 1 fully saturated rings. The molecule has 4 nitrogen and oxygen atoms in total. The molecule has 1 heterocycles. The summed E-state index contributed by atoms with van der Waals surface area (Å²) in [6, 6.07) is 8.20. The van der Waals surface area contributed by atoms with Crippen LogP contribution >= 0.6 is 15.9 Å². The van der Waals surface area contributed by atoms with Crippen LogP contribution in [0.15, 0.2) is 39.4 Å². The van der Waals surface area contributed by atoms with E-state index < -0.39 is 0 Å². The highest BCUT2D eigenvalue weighted by atomic mass is 79.9. The molecule has 0 bridgehead atoms. The molecule has 0 aliphatic heterocycles. The maximum atomic E-state index is 5.51. The zero-order chi connectivity index (χ0) is 12.4. The van der Waals surface area contributed by atoms with Gasteiger partial charge >= 0.3 is 6.08 Å². The summed E-state index contributed by atoms with van der Waals surface area (Å²) in [5.74, 6) is 0.710. The van der Waals surface area contributed by atoms with Gasteiger partial charge in [0.05, 0.1) is 5.69 Å². The van der Waals surface area contributed by atoms with Gasteiger partial charge in [-0.1, -0.05) is 15.9 Å². The minimum absolute atomic E-state index is 0.282. The van der Waals surface area contributed by atoms with Crippen LogP contribution in [0.25, 0.3) is 0 Å². The van der Waals surface area contributed by atoms with Gasteiger partial charge in [-0.05, 0) is 37.1 Å². The Morgan fingerprint density at radius 1 is 1.33 bits per heavy atom. The minimum atomic E-state index is 0.282. The monoisotopic (exact) mass is 308 g/mol. The third-order valence-electron chi connectivity index (χ3n) is 2.70. The molecule has 5 heteroatoms. The molecule has 2 aromatic rings. The van der Waals surface area contributed by atoms with E-state index in [1.165, 1.54) is 12.8 Å². The Labute approximate surface area is 113 Å². The lowest BCUT2D eigenvalue weighted by atomic mass is 10.3. The maximum absolute atomic E-state index is 5.51. The van der Waals surface area contributed by atoms with Crippen LogP contribution in [-0.4, -0.2) is 11.0 Å². The van der Waals surface area contributed by atoms with Gasteiger partial charge in [-0.3, -0.25) is 0 Å². The number of benzene rings is 1. The lowest BCUT2D eigenvalue weighted by Gasteiger charge is -1.99. The van der Waals surface area contributed by atoms with E-state index in [9.17, 15) is 0 Å². The molecule has 0 amide bonds. The number of hydrogen-bond donors (Lipinski definition) is 1. The van der Waals surface area contributed by atoms with Gasteiger partial charge in [0.2, 0.25) is 0 Å². The summed E-state index contributed by atoms with van der Waals surface area (Å²) in [5.41, 5.74) is 0.869. The standard InChI is InChI=1S/C13H13BrN2O2/c14-9-1-5-12(6-2-9)18-13-16-11(8-17-13)7-15-10-3-4-10/h1-2,5-6,8,10,15H,3-4,7H2. The van der Waals surface area contributed by atoms with E-state index in [4.69, 9.17) is 9.15 Å². The van der Waals surface area contributed by atoms with Crippen molar-refractivity contribution in [1.82, 2.24) is 10.3 Å². The molecule has 0 radical (unpaired) electrons. The summed E-state index contributed by atoms with van der Waals surface area (Å²) < 4.78 is 11.8. The van der Waals surface area contributed by atoms with Gasteiger partial charge in [-0.25, -0.2) is 0 Å². The van der Waals surface area contributed by atoms with Crippen LogP contribution in [0.2, 0.25) is 0 Å². The van der Waals surface area contributed by atoms with Crippen LogP contribution in [0.4, 0.5) is 0 Å². The smallest absolute Gasteiger partial charge is 0.399 e. The molecule has 1 aliphatic carbocycles. The third-order valence-corrected chi connectivity index (χ3v) is 3.23. The minimum Gasteiger partial charge on any atom is -0.417 e. The number of nitrogens with zero attached hydrogens (tertiary/aromatic N) is 1. The highest BCUT2D eigenvalue weighted by molar-refractivity contribution is 9.10. The Balaban J connectivity index is 1.60. The molecule has 1 aromatic heterocycles. The second kappa shape index (κ2) is 5.12. The van der Waals surface area contributed by atoms with Crippen LogP contribution in [-0.2, 0) is 6.54 Å². The van der Waals surface area contributed by atoms with Crippen molar-refractivity contribution in [1.29, 1.82) is 0 Å². The molecule has 0 spiro atoms. The van der Waals surface area contributed by atoms with Crippen molar-refractivity contribution in [2.75, 3.05) is 0 Å². The number of ether oxygens (including phenoxy) is 1. The fourth-order valence-corrected chi connectivity index (χ4v) is 1.82. The number of hydrogen-bond acceptors (Lipinski definition) is 4. The number of rotatable bonds is 5. The number of oxazole rings is 1. The molecule has 1 aromatic carbocycles. The normalized spacial score (nSPS) is 14.7. The molecule has 18 heavy (non-hydrogen) atoms. The van der Waals surface area contributed by atoms with Crippen LogP contribution in [0.1, 0.15) is 18.5 Å². The molecular weight excluding hydrogens is 296 g/mol. The Hall–Kier alpha value is -1.33. The second-order valence-electron chi connectivity index (χ2n) is 4.32. The first-order valence-electron chi connectivity index (χ1n) is 5.91. The zero-order valence-electron chi connectivity index (χ0n) is 9.73. The topological polar surface area (TPSA) is 47.3 Å². The molecule has 1 saturated carbocycles. The van der Waals surface area contributed by atoms with E-state index in [2.05, 4.69) is 26.2 Å². The first-order valence-corrected chi connectivity index (χ1v) is 6.70. The molecule has 3 rings (SSSR count). The van der Waals surface area contributed by atoms with E-state index in [0.29, 0.717) is 11.8 Å². The van der Waals surface area contributed by atoms with Crippen molar-refractivity contribution in [2.24, 2.45) is 0 Å². The summed E-state index contributed by atoms with van der Waals surface area (Å²) in [4.78, 5) is 4.26. The fraction of sp³-hybridized carbons (Fsp3) is 0.308. The zero-order valence-corrected chi connectivity index (χ0v) is 11.3. The van der Waals surface area contributed by atoms with Crippen LogP contribution in [0.3, 0.4) is 0 Å². The van der Waals surface area contributed by atoms with Gasteiger partial charge in [0.25, 0.3) is 0 Å². The lowest BCUT2D eigenvalue weighted by molar-refractivity contribution is 0.330. The molecule has 0 atom stereocenters. The van der Waals surface area contributed by atoms with Gasteiger partial charge in [0, 0.05) is 17.1 Å². The SMILES string of the molecule is Brc1ccc(Oc2nc(CNC3CC3)co2)cc1. The first kappa shape index (κ1) is 11.7. The van der Waals surface area contributed by atoms with Crippen LogP contribution < -0.4 is 10.1 Å². The van der Waals surface area contributed by atoms with E-state index in [1.54, 1.807) is 6.26 Å². The van der Waals surface area contributed by atoms with Crippen molar-refractivity contribution in [3.8, 4) is 11.8 Å². The summed E-state index contributed by atoms with van der Waals surface area (Å²) in [7, 11) is 0. The average molecular weight is 309 g/mol. The summed E-state index contributed by atoms with van der Waals surface area (Å²) in [6.07, 6.45) is 4.44. The van der Waals surface area contributed by atoms with E-state index in [-0.39, 0.29) is 6.08 Å². The molecule has 1 N–H and O–H groups in total. The predicted octanol–water partition coefficient (Wildman–Crippen LogP) is 3.48. The highest BCUT2D eigenvalue weighted by Gasteiger charge is 2.20. The molecular formula is C13H13BrN2O2. The van der Waals surface area contributed by atoms with Gasteiger partial charge < -0.3 is 14.5 Å². The Morgan fingerprint density at radius 3 is 2.83 bits per heavy atom. The largest absolute Gasteiger partial charge is 0.417 e. The van der Waals surface area contributed by atoms with Crippen molar-refractivity contribution < 1.29 is 9.15 Å². The molecule has 94 valence electrons. The van der Waals surface area contributed by atoms with E-state index >= 15 is 0 Å². The van der Waals surface area contributed by atoms with Gasteiger partial charge in [-0.15, -0.1) is 0 Å². The van der Waals surface area contributed by atoms with Gasteiger partial charge in [0.1, 0.15) is 12.0 Å². The fourth-order valence-electron chi connectivity index (χ4n) is 1.56. The van der Waals surface area contributed by atoms with Crippen molar-refractivity contribution in [3.05, 3.63) is 40.7 Å². The summed E-state index contributed by atoms with van der Waals surface area (Å²) >= 11 is 3.37. The number of aromatic nitrogens is 1. The predicted molar refractivity (Wildman–Crippen MR) is 70.6 cm³/mol. The Morgan fingerprint density at radius 2 is 2.11 bits per heavy atom. The van der Waals surface area contributed by atoms with Crippen molar-refractivity contribution in [2.45, 2.75) is 25.4 Å². The first-order chi connectivity index (χ1) is 8.79. The van der Waals surface area contributed by atoms with E-state index in [1.807, 2.05) is 24.3 Å². The highest BCUT2D eigenvalue weighted by Crippen LogP contribution is 2.23. The number of halogens is 1. The summed E-state index contributed by atoms with van der Waals surface area (Å²) in [6.45, 7) is 0.734. The Kier molecular flexibility index (Phi) is 3.34. The van der Waals surface area contributed by atoms with Crippen molar-refractivity contribution in [3.63, 3.8) is 0 Å². The van der Waals surface area contributed by atoms with Crippen LogP contribution in [0.5, 0.6) is 11.8 Å². The second-order valence-corrected chi connectivity index (χ2v) is 5.23. The van der Waals surface area contributed by atoms with Crippen molar-refractivity contribution >= 4 is 15.9 Å². The Bertz CT molecular complexity index is 520.